The number of aromatic nitrogens is 2. The largest absolute Gasteiger partial charge is 0.404 e. The van der Waals surface area contributed by atoms with Crippen molar-refractivity contribution in [2.75, 3.05) is 17.7 Å². The van der Waals surface area contributed by atoms with Crippen LogP contribution in [-0.2, 0) is 11.2 Å². The van der Waals surface area contributed by atoms with E-state index < -0.39 is 0 Å². The molecule has 0 aliphatic carbocycles. The highest BCUT2D eigenvalue weighted by Crippen LogP contribution is 2.31. The maximum absolute atomic E-state index is 11.5. The molecule has 2 aromatic rings. The van der Waals surface area contributed by atoms with E-state index in [0.29, 0.717) is 12.3 Å². The first-order chi connectivity index (χ1) is 8.15. The Morgan fingerprint density at radius 3 is 2.94 bits per heavy atom. The molecule has 1 aromatic carbocycles. The third-order valence-electron chi connectivity index (χ3n) is 2.84. The fourth-order valence-corrected chi connectivity index (χ4v) is 1.95. The Hall–Kier alpha value is -2.37. The quantitative estimate of drug-likeness (QED) is 0.784. The Morgan fingerprint density at radius 2 is 2.24 bits per heavy atom. The van der Waals surface area contributed by atoms with Crippen molar-refractivity contribution < 1.29 is 9.21 Å². The Balaban J connectivity index is 2.06. The van der Waals surface area contributed by atoms with E-state index in [1.54, 1.807) is 11.9 Å². The second-order valence-electron chi connectivity index (χ2n) is 3.92. The molecule has 1 aliphatic rings. The van der Waals surface area contributed by atoms with Crippen LogP contribution in [0.1, 0.15) is 5.56 Å². The van der Waals surface area contributed by atoms with Gasteiger partial charge in [0.2, 0.25) is 11.8 Å². The summed E-state index contributed by atoms with van der Waals surface area (Å²) in [4.78, 5) is 13.2. The van der Waals surface area contributed by atoms with Crippen molar-refractivity contribution in [3.05, 3.63) is 23.8 Å². The monoisotopic (exact) mass is 230 g/mol. The number of hydrogen-bond donors (Lipinski definition) is 1. The zero-order valence-corrected chi connectivity index (χ0v) is 9.17. The Kier molecular flexibility index (Phi) is 1.91. The molecule has 2 heterocycles. The van der Waals surface area contributed by atoms with Crippen LogP contribution in [0.2, 0.25) is 0 Å². The molecule has 0 radical (unpaired) electrons. The van der Waals surface area contributed by atoms with Crippen molar-refractivity contribution in [2.45, 2.75) is 6.42 Å². The average molecular weight is 230 g/mol. The summed E-state index contributed by atoms with van der Waals surface area (Å²) in [5.74, 6) is 0.453. The molecule has 86 valence electrons. The standard InChI is InChI=1S/C11H10N4O2/c1-15-8-3-2-6(4-7(8)5-9(15)16)10-13-14-11(12)17-10/h2-4H,5H2,1H3,(H2,12,14). The minimum Gasteiger partial charge on any atom is -0.404 e. The highest BCUT2D eigenvalue weighted by Gasteiger charge is 2.24. The lowest BCUT2D eigenvalue weighted by atomic mass is 10.1. The van der Waals surface area contributed by atoms with Crippen molar-refractivity contribution in [3.63, 3.8) is 0 Å². The van der Waals surface area contributed by atoms with Crippen LogP contribution in [0.3, 0.4) is 0 Å². The fourth-order valence-electron chi connectivity index (χ4n) is 1.95. The predicted octanol–water partition coefficient (Wildman–Crippen LogP) is 0.838. The number of likely N-dealkylation sites (N-methyl/N-ethyl adjacent to an activating group) is 1. The van der Waals surface area contributed by atoms with Crippen LogP contribution in [0.4, 0.5) is 11.7 Å². The number of carbonyl (C=O) groups is 1. The Morgan fingerprint density at radius 1 is 1.41 bits per heavy atom. The van der Waals surface area contributed by atoms with Gasteiger partial charge in [-0.25, -0.2) is 0 Å². The zero-order valence-electron chi connectivity index (χ0n) is 9.17. The van der Waals surface area contributed by atoms with Gasteiger partial charge in [0, 0.05) is 18.3 Å². The van der Waals surface area contributed by atoms with E-state index in [1.807, 2.05) is 18.2 Å². The molecular formula is C11H10N4O2. The second kappa shape index (κ2) is 3.31. The van der Waals surface area contributed by atoms with Gasteiger partial charge in [0.1, 0.15) is 0 Å². The Labute approximate surface area is 97.0 Å². The van der Waals surface area contributed by atoms with Gasteiger partial charge in [0.15, 0.2) is 0 Å². The van der Waals surface area contributed by atoms with Crippen LogP contribution in [0.5, 0.6) is 0 Å². The van der Waals surface area contributed by atoms with Gasteiger partial charge in [-0.1, -0.05) is 5.10 Å². The first kappa shape index (κ1) is 9.83. The second-order valence-corrected chi connectivity index (χ2v) is 3.92. The summed E-state index contributed by atoms with van der Waals surface area (Å²) in [7, 11) is 1.76. The summed E-state index contributed by atoms with van der Waals surface area (Å²) in [5.41, 5.74) is 8.03. The summed E-state index contributed by atoms with van der Waals surface area (Å²) >= 11 is 0. The van der Waals surface area contributed by atoms with Gasteiger partial charge >= 0.3 is 6.01 Å². The van der Waals surface area contributed by atoms with E-state index in [0.717, 1.165) is 16.8 Å². The van der Waals surface area contributed by atoms with Gasteiger partial charge in [0.05, 0.1) is 6.42 Å². The molecule has 1 amide bonds. The molecule has 6 nitrogen and oxygen atoms in total. The minimum absolute atomic E-state index is 0.0358. The number of nitrogen functional groups attached to an aromatic ring is 1. The molecule has 0 spiro atoms. The number of nitrogens with two attached hydrogens (primary N) is 1. The molecule has 17 heavy (non-hydrogen) atoms. The van der Waals surface area contributed by atoms with Crippen molar-refractivity contribution in [1.82, 2.24) is 10.2 Å². The van der Waals surface area contributed by atoms with Gasteiger partial charge in [-0.2, -0.15) is 0 Å². The maximum atomic E-state index is 11.5. The summed E-state index contributed by atoms with van der Waals surface area (Å²) in [6, 6.07) is 5.62. The molecule has 0 atom stereocenters. The van der Waals surface area contributed by atoms with Gasteiger partial charge < -0.3 is 15.1 Å². The van der Waals surface area contributed by atoms with Gasteiger partial charge in [-0.05, 0) is 23.8 Å². The molecule has 1 aromatic heterocycles. The third kappa shape index (κ3) is 1.45. The van der Waals surface area contributed by atoms with Crippen molar-refractivity contribution in [3.8, 4) is 11.5 Å². The molecule has 6 heteroatoms. The van der Waals surface area contributed by atoms with Crippen molar-refractivity contribution >= 4 is 17.6 Å². The minimum atomic E-state index is 0.0358. The molecule has 0 bridgehead atoms. The van der Waals surface area contributed by atoms with Crippen molar-refractivity contribution in [2.24, 2.45) is 0 Å². The van der Waals surface area contributed by atoms with Crippen LogP contribution in [0, 0.1) is 0 Å². The van der Waals surface area contributed by atoms with Crippen LogP contribution in [0.15, 0.2) is 22.6 Å². The average Bonchev–Trinajstić information content (AvgIpc) is 2.85. The number of hydrogen-bond acceptors (Lipinski definition) is 5. The predicted molar refractivity (Wildman–Crippen MR) is 61.3 cm³/mol. The molecule has 0 saturated carbocycles. The number of anilines is 2. The van der Waals surface area contributed by atoms with Crippen LogP contribution in [-0.4, -0.2) is 23.2 Å². The number of nitrogens with zero attached hydrogens (tertiary/aromatic N) is 3. The van der Waals surface area contributed by atoms with E-state index in [1.165, 1.54) is 0 Å². The lowest BCUT2D eigenvalue weighted by Gasteiger charge is -2.09. The van der Waals surface area contributed by atoms with Gasteiger partial charge in [-0.3, -0.25) is 4.79 Å². The van der Waals surface area contributed by atoms with E-state index in [9.17, 15) is 4.79 Å². The number of rotatable bonds is 1. The molecule has 0 unspecified atom stereocenters. The lowest BCUT2D eigenvalue weighted by molar-refractivity contribution is -0.117. The van der Waals surface area contributed by atoms with E-state index in [4.69, 9.17) is 10.2 Å². The molecular weight excluding hydrogens is 220 g/mol. The smallest absolute Gasteiger partial charge is 0.313 e. The van der Waals surface area contributed by atoms with Crippen LogP contribution in [0.25, 0.3) is 11.5 Å². The normalized spacial score (nSPS) is 14.2. The summed E-state index contributed by atoms with van der Waals surface area (Å²) in [6.07, 6.45) is 0.406. The number of amides is 1. The molecule has 0 saturated heterocycles. The fraction of sp³-hybridized carbons (Fsp3) is 0.182. The topological polar surface area (TPSA) is 85.2 Å². The molecule has 2 N–H and O–H groups in total. The zero-order chi connectivity index (χ0) is 12.0. The first-order valence-corrected chi connectivity index (χ1v) is 5.14. The van der Waals surface area contributed by atoms with Gasteiger partial charge in [-0.15, -0.1) is 5.10 Å². The lowest BCUT2D eigenvalue weighted by Crippen LogP contribution is -2.20. The highest BCUT2D eigenvalue weighted by molar-refractivity contribution is 6.01. The SMILES string of the molecule is CN1C(=O)Cc2cc(-c3nnc(N)o3)ccc21. The number of carbonyl (C=O) groups excluding carboxylic acids is 1. The van der Waals surface area contributed by atoms with Crippen LogP contribution >= 0.6 is 0 Å². The Bertz CT molecular complexity index is 605. The van der Waals surface area contributed by atoms with Gasteiger partial charge in [0.25, 0.3) is 0 Å². The number of fused-ring (bicyclic) bond motifs is 1. The molecule has 1 aliphatic heterocycles. The number of benzene rings is 1. The maximum Gasteiger partial charge on any atom is 0.313 e. The third-order valence-corrected chi connectivity index (χ3v) is 2.84. The summed E-state index contributed by atoms with van der Waals surface area (Å²) < 4.78 is 5.14. The van der Waals surface area contributed by atoms with E-state index >= 15 is 0 Å². The highest BCUT2D eigenvalue weighted by atomic mass is 16.4. The van der Waals surface area contributed by atoms with E-state index in [2.05, 4.69) is 10.2 Å². The first-order valence-electron chi connectivity index (χ1n) is 5.14. The molecule has 0 fully saturated rings. The molecule has 3 rings (SSSR count). The van der Waals surface area contributed by atoms with Crippen LogP contribution < -0.4 is 10.6 Å². The summed E-state index contributed by atoms with van der Waals surface area (Å²) in [5, 5.41) is 7.41. The van der Waals surface area contributed by atoms with E-state index in [-0.39, 0.29) is 11.9 Å². The van der Waals surface area contributed by atoms with Crippen molar-refractivity contribution in [1.29, 1.82) is 0 Å². The summed E-state index contributed by atoms with van der Waals surface area (Å²) in [6.45, 7) is 0.